The second-order valence-corrected chi connectivity index (χ2v) is 5.90. The fraction of sp³-hybridized carbons (Fsp3) is 0.125. The molecular formula is C16H14N2O2S. The molecule has 5 heteroatoms. The van der Waals surface area contributed by atoms with E-state index in [0.29, 0.717) is 5.69 Å². The van der Waals surface area contributed by atoms with Gasteiger partial charge in [-0.3, -0.25) is 15.0 Å². The van der Waals surface area contributed by atoms with Crippen molar-refractivity contribution in [2.45, 2.75) is 13.8 Å². The SMILES string of the molecule is Cc1ccc(N2NC(=O)C(=Cc3cccs3)C2=O)cc1C. The van der Waals surface area contributed by atoms with E-state index in [4.69, 9.17) is 0 Å². The first-order valence-electron chi connectivity index (χ1n) is 6.54. The molecule has 21 heavy (non-hydrogen) atoms. The number of hydrogen-bond acceptors (Lipinski definition) is 3. The highest BCUT2D eigenvalue weighted by Crippen LogP contribution is 2.24. The third-order valence-corrected chi connectivity index (χ3v) is 4.29. The van der Waals surface area contributed by atoms with Gasteiger partial charge in [0, 0.05) is 4.88 Å². The van der Waals surface area contributed by atoms with Gasteiger partial charge < -0.3 is 0 Å². The molecule has 0 saturated carbocycles. The molecule has 0 radical (unpaired) electrons. The standard InChI is InChI=1S/C16H14N2O2S/c1-10-5-6-12(8-11(10)2)18-16(20)14(15(19)17-18)9-13-4-3-7-21-13/h3-9H,1-2H3,(H,17,19). The normalized spacial score (nSPS) is 16.7. The van der Waals surface area contributed by atoms with Crippen molar-refractivity contribution in [1.82, 2.24) is 5.43 Å². The minimum atomic E-state index is -0.369. The second-order valence-electron chi connectivity index (χ2n) is 4.92. The summed E-state index contributed by atoms with van der Waals surface area (Å²) in [6.07, 6.45) is 1.63. The van der Waals surface area contributed by atoms with Crippen molar-refractivity contribution in [1.29, 1.82) is 0 Å². The van der Waals surface area contributed by atoms with Crippen molar-refractivity contribution in [2.75, 3.05) is 5.01 Å². The average molecular weight is 298 g/mol. The Morgan fingerprint density at radius 2 is 1.95 bits per heavy atom. The van der Waals surface area contributed by atoms with Crippen LogP contribution in [-0.2, 0) is 9.59 Å². The molecule has 3 rings (SSSR count). The molecule has 0 unspecified atom stereocenters. The van der Waals surface area contributed by atoms with E-state index in [1.54, 1.807) is 6.08 Å². The fourth-order valence-electron chi connectivity index (χ4n) is 2.12. The minimum Gasteiger partial charge on any atom is -0.267 e. The summed E-state index contributed by atoms with van der Waals surface area (Å²) in [4.78, 5) is 25.3. The van der Waals surface area contributed by atoms with Crippen LogP contribution in [0.5, 0.6) is 0 Å². The summed E-state index contributed by atoms with van der Waals surface area (Å²) in [6.45, 7) is 3.98. The van der Waals surface area contributed by atoms with Gasteiger partial charge in [0.2, 0.25) is 0 Å². The number of rotatable bonds is 2. The van der Waals surface area contributed by atoms with Crippen LogP contribution < -0.4 is 10.4 Å². The molecule has 1 aliphatic heterocycles. The Labute approximate surface area is 126 Å². The molecule has 1 N–H and O–H groups in total. The highest BCUT2D eigenvalue weighted by molar-refractivity contribution is 7.10. The molecule has 1 aromatic carbocycles. The fourth-order valence-corrected chi connectivity index (χ4v) is 2.78. The minimum absolute atomic E-state index is 0.163. The highest BCUT2D eigenvalue weighted by atomic mass is 32.1. The van der Waals surface area contributed by atoms with Gasteiger partial charge in [-0.15, -0.1) is 11.3 Å². The van der Waals surface area contributed by atoms with Gasteiger partial charge in [0.15, 0.2) is 0 Å². The lowest BCUT2D eigenvalue weighted by Gasteiger charge is -2.15. The second kappa shape index (κ2) is 5.18. The van der Waals surface area contributed by atoms with E-state index >= 15 is 0 Å². The van der Waals surface area contributed by atoms with Gasteiger partial charge in [-0.1, -0.05) is 12.1 Å². The zero-order valence-electron chi connectivity index (χ0n) is 11.7. The number of nitrogens with one attached hydrogen (secondary N) is 1. The Morgan fingerprint density at radius 3 is 2.62 bits per heavy atom. The number of hydrazine groups is 1. The Bertz CT molecular complexity index is 748. The zero-order chi connectivity index (χ0) is 15.0. The molecule has 0 bridgehead atoms. The van der Waals surface area contributed by atoms with Crippen molar-refractivity contribution in [3.8, 4) is 0 Å². The molecular weight excluding hydrogens is 284 g/mol. The maximum absolute atomic E-state index is 12.4. The highest BCUT2D eigenvalue weighted by Gasteiger charge is 2.34. The number of carbonyl (C=O) groups is 2. The molecule has 1 aromatic heterocycles. The zero-order valence-corrected chi connectivity index (χ0v) is 12.5. The van der Waals surface area contributed by atoms with E-state index in [2.05, 4.69) is 5.43 Å². The first-order valence-corrected chi connectivity index (χ1v) is 7.42. The molecule has 2 heterocycles. The molecule has 0 aliphatic carbocycles. The van der Waals surface area contributed by atoms with E-state index in [-0.39, 0.29) is 17.4 Å². The van der Waals surface area contributed by atoms with E-state index in [1.165, 1.54) is 16.3 Å². The predicted molar refractivity (Wildman–Crippen MR) is 83.8 cm³/mol. The number of anilines is 1. The molecule has 0 atom stereocenters. The lowest BCUT2D eigenvalue weighted by molar-refractivity contribution is -0.117. The molecule has 1 fully saturated rings. The van der Waals surface area contributed by atoms with Crippen LogP contribution in [0.25, 0.3) is 6.08 Å². The van der Waals surface area contributed by atoms with Gasteiger partial charge in [-0.05, 0) is 54.6 Å². The van der Waals surface area contributed by atoms with Gasteiger partial charge in [0.1, 0.15) is 5.57 Å². The van der Waals surface area contributed by atoms with Crippen molar-refractivity contribution in [3.63, 3.8) is 0 Å². The van der Waals surface area contributed by atoms with E-state index in [1.807, 2.05) is 49.6 Å². The number of nitrogens with zero attached hydrogens (tertiary/aromatic N) is 1. The smallest absolute Gasteiger partial charge is 0.267 e. The summed E-state index contributed by atoms with van der Waals surface area (Å²) in [5.74, 6) is -0.691. The number of aryl methyl sites for hydroxylation is 2. The molecule has 1 aliphatic rings. The molecule has 106 valence electrons. The molecule has 2 amide bonds. The van der Waals surface area contributed by atoms with Crippen molar-refractivity contribution < 1.29 is 9.59 Å². The van der Waals surface area contributed by atoms with Crippen molar-refractivity contribution in [3.05, 3.63) is 57.3 Å². The van der Waals surface area contributed by atoms with Crippen LogP contribution in [-0.4, -0.2) is 11.8 Å². The number of carbonyl (C=O) groups excluding carboxylic acids is 2. The Balaban J connectivity index is 1.95. The van der Waals surface area contributed by atoms with Crippen LogP contribution in [0.3, 0.4) is 0 Å². The number of thiophene rings is 1. The maximum atomic E-state index is 12.4. The predicted octanol–water partition coefficient (Wildman–Crippen LogP) is 2.83. The number of hydrogen-bond donors (Lipinski definition) is 1. The van der Waals surface area contributed by atoms with Crippen LogP contribution >= 0.6 is 11.3 Å². The van der Waals surface area contributed by atoms with Gasteiger partial charge in [0.25, 0.3) is 11.8 Å². The topological polar surface area (TPSA) is 49.4 Å². The third-order valence-electron chi connectivity index (χ3n) is 3.47. The summed E-state index contributed by atoms with van der Waals surface area (Å²) in [7, 11) is 0. The number of benzene rings is 1. The van der Waals surface area contributed by atoms with Gasteiger partial charge >= 0.3 is 0 Å². The van der Waals surface area contributed by atoms with E-state index in [9.17, 15) is 9.59 Å². The quantitative estimate of drug-likeness (QED) is 0.684. The van der Waals surface area contributed by atoms with Crippen LogP contribution in [0.15, 0.2) is 41.3 Å². The van der Waals surface area contributed by atoms with Crippen LogP contribution in [0.2, 0.25) is 0 Å². The largest absolute Gasteiger partial charge is 0.282 e. The van der Waals surface area contributed by atoms with Gasteiger partial charge in [-0.2, -0.15) is 0 Å². The summed E-state index contributed by atoms with van der Waals surface area (Å²) in [5.41, 5.74) is 5.66. The van der Waals surface area contributed by atoms with E-state index < -0.39 is 0 Å². The molecule has 2 aromatic rings. The lowest BCUT2D eigenvalue weighted by Crippen LogP contribution is -2.35. The van der Waals surface area contributed by atoms with Crippen molar-refractivity contribution >= 4 is 34.9 Å². The van der Waals surface area contributed by atoms with Gasteiger partial charge in [0.05, 0.1) is 5.69 Å². The maximum Gasteiger partial charge on any atom is 0.282 e. The van der Waals surface area contributed by atoms with Crippen LogP contribution in [0.1, 0.15) is 16.0 Å². The van der Waals surface area contributed by atoms with Crippen LogP contribution in [0, 0.1) is 13.8 Å². The molecule has 4 nitrogen and oxygen atoms in total. The number of amides is 2. The summed E-state index contributed by atoms with van der Waals surface area (Å²) in [5, 5.41) is 3.21. The monoisotopic (exact) mass is 298 g/mol. The van der Waals surface area contributed by atoms with Crippen molar-refractivity contribution in [2.24, 2.45) is 0 Å². The van der Waals surface area contributed by atoms with Crippen LogP contribution in [0.4, 0.5) is 5.69 Å². The summed E-state index contributed by atoms with van der Waals surface area (Å²) < 4.78 is 0. The summed E-state index contributed by atoms with van der Waals surface area (Å²) >= 11 is 1.49. The molecule has 1 saturated heterocycles. The Kier molecular flexibility index (Phi) is 3.35. The summed E-state index contributed by atoms with van der Waals surface area (Å²) in [6, 6.07) is 9.41. The third kappa shape index (κ3) is 2.48. The van der Waals surface area contributed by atoms with Gasteiger partial charge in [-0.25, -0.2) is 5.01 Å². The Hall–Kier alpha value is -2.40. The molecule has 0 spiro atoms. The first-order chi connectivity index (χ1) is 10.1. The Morgan fingerprint density at radius 1 is 1.14 bits per heavy atom. The first kappa shape index (κ1) is 13.6. The van der Waals surface area contributed by atoms with E-state index in [0.717, 1.165) is 16.0 Å². The average Bonchev–Trinajstić information content (AvgIpc) is 3.06. The lowest BCUT2D eigenvalue weighted by atomic mass is 10.1.